The summed E-state index contributed by atoms with van der Waals surface area (Å²) in [5.41, 5.74) is 10.9. The van der Waals surface area contributed by atoms with Gasteiger partial charge in [0, 0.05) is 13.6 Å². The van der Waals surface area contributed by atoms with Crippen LogP contribution < -0.4 is 5.73 Å². The number of tetrazole rings is 1. The first kappa shape index (κ1) is 12.7. The number of hydrogen-bond acceptors (Lipinski definition) is 4. The summed E-state index contributed by atoms with van der Waals surface area (Å²) < 4.78 is 1.69. The Morgan fingerprint density at radius 1 is 1.22 bits per heavy atom. The molecule has 0 aliphatic rings. The highest BCUT2D eigenvalue weighted by Crippen LogP contribution is 2.28. The summed E-state index contributed by atoms with van der Waals surface area (Å²) in [6.45, 7) is 6.83. The van der Waals surface area contributed by atoms with Crippen molar-refractivity contribution in [1.29, 1.82) is 0 Å². The van der Waals surface area contributed by atoms with Crippen LogP contribution in [0.5, 0.6) is 0 Å². The van der Waals surface area contributed by atoms with E-state index in [1.807, 2.05) is 7.05 Å². The van der Waals surface area contributed by atoms with Crippen molar-refractivity contribution in [1.82, 2.24) is 20.2 Å². The number of nitrogens with zero attached hydrogens (tertiary/aromatic N) is 4. The lowest BCUT2D eigenvalue weighted by Crippen LogP contribution is -2.20. The average molecular weight is 245 g/mol. The standard InChI is InChI=1S/C13H19N5/c1-8-5-9(2)12(10(3)6-8)11(7-14)13-15-16-17-18(13)4/h5-6,11H,7,14H2,1-4H3. The van der Waals surface area contributed by atoms with Crippen molar-refractivity contribution in [3.63, 3.8) is 0 Å². The number of benzene rings is 1. The second-order valence-electron chi connectivity index (χ2n) is 4.76. The van der Waals surface area contributed by atoms with Gasteiger partial charge in [0.25, 0.3) is 0 Å². The molecule has 0 saturated carbocycles. The van der Waals surface area contributed by atoms with Crippen LogP contribution in [0, 0.1) is 20.8 Å². The molecule has 0 fully saturated rings. The van der Waals surface area contributed by atoms with Gasteiger partial charge in [-0.25, -0.2) is 4.68 Å². The van der Waals surface area contributed by atoms with Crippen molar-refractivity contribution in [3.8, 4) is 0 Å². The molecule has 18 heavy (non-hydrogen) atoms. The third kappa shape index (κ3) is 2.13. The lowest BCUT2D eigenvalue weighted by molar-refractivity contribution is 0.638. The molecule has 1 aromatic carbocycles. The van der Waals surface area contributed by atoms with E-state index in [2.05, 4.69) is 48.4 Å². The van der Waals surface area contributed by atoms with E-state index in [9.17, 15) is 0 Å². The van der Waals surface area contributed by atoms with E-state index in [0.29, 0.717) is 6.54 Å². The molecule has 1 unspecified atom stereocenters. The minimum Gasteiger partial charge on any atom is -0.329 e. The molecule has 1 aromatic heterocycles. The third-order valence-corrected chi connectivity index (χ3v) is 3.29. The lowest BCUT2D eigenvalue weighted by atomic mass is 9.89. The minimum atomic E-state index is 0.0469. The van der Waals surface area contributed by atoms with Gasteiger partial charge in [0.2, 0.25) is 0 Å². The van der Waals surface area contributed by atoms with Crippen LogP contribution in [0.15, 0.2) is 12.1 Å². The van der Waals surface area contributed by atoms with E-state index in [1.54, 1.807) is 4.68 Å². The summed E-state index contributed by atoms with van der Waals surface area (Å²) >= 11 is 0. The van der Waals surface area contributed by atoms with Crippen LogP contribution in [0.4, 0.5) is 0 Å². The van der Waals surface area contributed by atoms with E-state index in [-0.39, 0.29) is 5.92 Å². The van der Waals surface area contributed by atoms with Crippen LogP contribution in [0.3, 0.4) is 0 Å². The summed E-state index contributed by atoms with van der Waals surface area (Å²) in [5.74, 6) is 0.859. The summed E-state index contributed by atoms with van der Waals surface area (Å²) in [5, 5.41) is 11.7. The number of aryl methyl sites for hydroxylation is 4. The van der Waals surface area contributed by atoms with Crippen LogP contribution >= 0.6 is 0 Å². The Morgan fingerprint density at radius 3 is 2.28 bits per heavy atom. The van der Waals surface area contributed by atoms with Gasteiger partial charge in [0.05, 0.1) is 5.92 Å². The summed E-state index contributed by atoms with van der Waals surface area (Å²) in [4.78, 5) is 0. The Labute approximate surface area is 107 Å². The summed E-state index contributed by atoms with van der Waals surface area (Å²) in [6.07, 6.45) is 0. The maximum atomic E-state index is 5.93. The van der Waals surface area contributed by atoms with Crippen LogP contribution in [-0.4, -0.2) is 26.8 Å². The molecule has 0 radical (unpaired) electrons. The molecule has 0 saturated heterocycles. The van der Waals surface area contributed by atoms with Crippen LogP contribution in [0.25, 0.3) is 0 Å². The zero-order valence-electron chi connectivity index (χ0n) is 11.3. The fraction of sp³-hybridized carbons (Fsp3) is 0.462. The minimum absolute atomic E-state index is 0.0469. The Balaban J connectivity index is 2.56. The molecule has 0 amide bonds. The summed E-state index contributed by atoms with van der Waals surface area (Å²) in [6, 6.07) is 4.35. The quantitative estimate of drug-likeness (QED) is 0.883. The zero-order chi connectivity index (χ0) is 13.3. The Bertz CT molecular complexity index is 535. The lowest BCUT2D eigenvalue weighted by Gasteiger charge is -2.19. The predicted octanol–water partition coefficient (Wildman–Crippen LogP) is 1.23. The van der Waals surface area contributed by atoms with Crippen LogP contribution in [0.1, 0.15) is 34.0 Å². The maximum Gasteiger partial charge on any atom is 0.159 e. The molecular weight excluding hydrogens is 226 g/mol. The zero-order valence-corrected chi connectivity index (χ0v) is 11.3. The van der Waals surface area contributed by atoms with Gasteiger partial charge in [-0.2, -0.15) is 0 Å². The van der Waals surface area contributed by atoms with Crippen LogP contribution in [-0.2, 0) is 7.05 Å². The first-order valence-electron chi connectivity index (χ1n) is 6.04. The van der Waals surface area contributed by atoms with Crippen molar-refractivity contribution < 1.29 is 0 Å². The average Bonchev–Trinajstić information content (AvgIpc) is 2.69. The molecule has 2 rings (SSSR count). The summed E-state index contributed by atoms with van der Waals surface area (Å²) in [7, 11) is 1.84. The fourth-order valence-electron chi connectivity index (χ4n) is 2.62. The fourth-order valence-corrected chi connectivity index (χ4v) is 2.62. The maximum absolute atomic E-state index is 5.93. The smallest absolute Gasteiger partial charge is 0.159 e. The molecule has 1 atom stereocenters. The molecule has 0 bridgehead atoms. The van der Waals surface area contributed by atoms with Crippen LogP contribution in [0.2, 0.25) is 0 Å². The molecule has 0 spiro atoms. The van der Waals surface area contributed by atoms with Gasteiger partial charge >= 0.3 is 0 Å². The normalized spacial score (nSPS) is 12.7. The van der Waals surface area contributed by atoms with Gasteiger partial charge in [0.15, 0.2) is 5.82 Å². The topological polar surface area (TPSA) is 69.6 Å². The van der Waals surface area contributed by atoms with E-state index >= 15 is 0 Å². The number of rotatable bonds is 3. The SMILES string of the molecule is Cc1cc(C)c(C(CN)c2nnnn2C)c(C)c1. The molecule has 5 nitrogen and oxygen atoms in total. The van der Waals surface area contributed by atoms with E-state index in [0.717, 1.165) is 5.82 Å². The number of hydrogen-bond donors (Lipinski definition) is 1. The first-order chi connectivity index (χ1) is 8.54. The second-order valence-corrected chi connectivity index (χ2v) is 4.76. The molecule has 2 aromatic rings. The number of aromatic nitrogens is 4. The van der Waals surface area contributed by atoms with Crippen molar-refractivity contribution >= 4 is 0 Å². The largest absolute Gasteiger partial charge is 0.329 e. The monoisotopic (exact) mass is 245 g/mol. The first-order valence-corrected chi connectivity index (χ1v) is 6.04. The van der Waals surface area contributed by atoms with Gasteiger partial charge in [-0.1, -0.05) is 17.7 Å². The van der Waals surface area contributed by atoms with Gasteiger partial charge < -0.3 is 5.73 Å². The van der Waals surface area contributed by atoms with Crippen molar-refractivity contribution in [2.75, 3.05) is 6.54 Å². The molecule has 5 heteroatoms. The Morgan fingerprint density at radius 2 is 1.83 bits per heavy atom. The number of nitrogens with two attached hydrogens (primary N) is 1. The van der Waals surface area contributed by atoms with E-state index in [1.165, 1.54) is 22.3 Å². The molecule has 2 N–H and O–H groups in total. The van der Waals surface area contributed by atoms with Crippen molar-refractivity contribution in [3.05, 3.63) is 40.2 Å². The molecule has 0 aliphatic carbocycles. The second kappa shape index (κ2) is 4.86. The molecule has 1 heterocycles. The van der Waals surface area contributed by atoms with Gasteiger partial charge in [-0.05, 0) is 47.9 Å². The van der Waals surface area contributed by atoms with Gasteiger partial charge in [-0.3, -0.25) is 0 Å². The molecule has 0 aliphatic heterocycles. The molecular formula is C13H19N5. The highest BCUT2D eigenvalue weighted by Gasteiger charge is 2.22. The Hall–Kier alpha value is -1.75. The van der Waals surface area contributed by atoms with E-state index < -0.39 is 0 Å². The van der Waals surface area contributed by atoms with Crippen molar-refractivity contribution in [2.24, 2.45) is 12.8 Å². The van der Waals surface area contributed by atoms with Crippen molar-refractivity contribution in [2.45, 2.75) is 26.7 Å². The Kier molecular flexibility index (Phi) is 3.43. The van der Waals surface area contributed by atoms with Gasteiger partial charge in [0.1, 0.15) is 0 Å². The highest BCUT2D eigenvalue weighted by atomic mass is 15.5. The predicted molar refractivity (Wildman–Crippen MR) is 70.3 cm³/mol. The highest BCUT2D eigenvalue weighted by molar-refractivity contribution is 5.42. The van der Waals surface area contributed by atoms with Gasteiger partial charge in [-0.15, -0.1) is 5.10 Å². The third-order valence-electron chi connectivity index (χ3n) is 3.29. The van der Waals surface area contributed by atoms with E-state index in [4.69, 9.17) is 5.73 Å². The molecule has 96 valence electrons.